The van der Waals surface area contributed by atoms with Crippen LogP contribution in [0.3, 0.4) is 0 Å². The summed E-state index contributed by atoms with van der Waals surface area (Å²) in [6.45, 7) is 1.30. The van der Waals surface area contributed by atoms with Gasteiger partial charge in [0.05, 0.1) is 6.54 Å². The van der Waals surface area contributed by atoms with E-state index in [1.165, 1.54) is 19.1 Å². The van der Waals surface area contributed by atoms with Crippen molar-refractivity contribution >= 4 is 26.8 Å². The third-order valence-corrected chi connectivity index (χ3v) is 3.94. The number of benzene rings is 1. The molecule has 116 valence electrons. The first-order valence-electron chi connectivity index (χ1n) is 6.19. The van der Waals surface area contributed by atoms with Crippen molar-refractivity contribution in [2.45, 2.75) is 18.1 Å². The van der Waals surface area contributed by atoms with E-state index in [9.17, 15) is 17.6 Å². The van der Waals surface area contributed by atoms with Crippen molar-refractivity contribution in [3.8, 4) is 11.2 Å². The molecule has 8 heteroatoms. The lowest BCUT2D eigenvalue weighted by Gasteiger charge is -2.03. The Morgan fingerprint density at radius 3 is 2.86 bits per heavy atom. The topological polar surface area (TPSA) is 96.6 Å². The smallest absolute Gasteiger partial charge is 0.320 e. The number of aliphatic carboxylic acids is 1. The number of carbonyl (C=O) groups is 1. The number of furan rings is 1. The number of rotatable bonds is 4. The standard InChI is InChI=1S/C14H12FNO5S/c1-9(14(17)18)16-5-2-6-22(19,20)13-8-10-7-11(15)3-4-12(10)21-13/h3-4,7-9,16H,5H2,1H3,(H,17,18)/t9-/m0/s1. The van der Waals surface area contributed by atoms with Gasteiger partial charge in [-0.15, -0.1) is 0 Å². The van der Waals surface area contributed by atoms with Crippen LogP contribution in [-0.2, 0) is 14.6 Å². The van der Waals surface area contributed by atoms with Gasteiger partial charge in [0.25, 0.3) is 9.84 Å². The Hall–Kier alpha value is -2.37. The van der Waals surface area contributed by atoms with Crippen LogP contribution in [0.25, 0.3) is 11.0 Å². The van der Waals surface area contributed by atoms with E-state index in [0.717, 1.165) is 12.1 Å². The Labute approximate surface area is 125 Å². The Morgan fingerprint density at radius 2 is 2.18 bits per heavy atom. The van der Waals surface area contributed by atoms with Gasteiger partial charge in [0.1, 0.15) is 17.4 Å². The van der Waals surface area contributed by atoms with Crippen LogP contribution in [0.4, 0.5) is 4.39 Å². The number of fused-ring (bicyclic) bond motifs is 1. The van der Waals surface area contributed by atoms with Crippen LogP contribution in [0.2, 0.25) is 0 Å². The summed E-state index contributed by atoms with van der Waals surface area (Å²) in [7, 11) is -3.99. The Kier molecular flexibility index (Phi) is 4.49. The second-order valence-corrected chi connectivity index (χ2v) is 6.08. The van der Waals surface area contributed by atoms with E-state index in [1.54, 1.807) is 0 Å². The molecule has 0 amide bonds. The van der Waals surface area contributed by atoms with Crippen molar-refractivity contribution in [1.82, 2.24) is 5.32 Å². The number of halogens is 1. The minimum atomic E-state index is -3.99. The van der Waals surface area contributed by atoms with Gasteiger partial charge in [-0.3, -0.25) is 10.1 Å². The minimum Gasteiger partial charge on any atom is -0.480 e. The largest absolute Gasteiger partial charge is 0.480 e. The Bertz CT molecular complexity index is 876. The molecule has 1 atom stereocenters. The summed E-state index contributed by atoms with van der Waals surface area (Å²) in [5.74, 6) is 0.749. The van der Waals surface area contributed by atoms with Crippen LogP contribution in [0.15, 0.2) is 33.8 Å². The van der Waals surface area contributed by atoms with Crippen LogP contribution >= 0.6 is 0 Å². The molecule has 0 fully saturated rings. The first kappa shape index (κ1) is 16.0. The van der Waals surface area contributed by atoms with Gasteiger partial charge >= 0.3 is 5.97 Å². The maximum atomic E-state index is 13.1. The molecule has 0 aliphatic rings. The lowest BCUT2D eigenvalue weighted by Crippen LogP contribution is -2.33. The molecule has 22 heavy (non-hydrogen) atoms. The maximum absolute atomic E-state index is 13.1. The fraction of sp³-hybridized carbons (Fsp3) is 0.214. The second kappa shape index (κ2) is 6.17. The molecular formula is C14H12FNO5S. The van der Waals surface area contributed by atoms with Crippen LogP contribution in [0.1, 0.15) is 6.92 Å². The first-order chi connectivity index (χ1) is 10.3. The molecule has 1 aromatic carbocycles. The van der Waals surface area contributed by atoms with E-state index in [0.29, 0.717) is 5.39 Å². The third kappa shape index (κ3) is 3.63. The molecule has 1 aromatic heterocycles. The maximum Gasteiger partial charge on any atom is 0.320 e. The van der Waals surface area contributed by atoms with Crippen molar-refractivity contribution in [1.29, 1.82) is 0 Å². The average molecular weight is 325 g/mol. The molecule has 0 spiro atoms. The van der Waals surface area contributed by atoms with Crippen molar-refractivity contribution in [3.63, 3.8) is 0 Å². The van der Waals surface area contributed by atoms with Crippen LogP contribution in [0.5, 0.6) is 0 Å². The summed E-state index contributed by atoms with van der Waals surface area (Å²) in [6, 6.07) is 3.99. The first-order valence-corrected chi connectivity index (χ1v) is 7.68. The third-order valence-electron chi connectivity index (χ3n) is 2.79. The molecule has 0 unspecified atom stereocenters. The second-order valence-electron chi connectivity index (χ2n) is 4.47. The highest BCUT2D eigenvalue weighted by Gasteiger charge is 2.17. The number of carboxylic acids is 1. The van der Waals surface area contributed by atoms with Gasteiger partial charge < -0.3 is 9.52 Å². The monoisotopic (exact) mass is 325 g/mol. The molecule has 2 rings (SSSR count). The number of hydrogen-bond donors (Lipinski definition) is 2. The zero-order chi connectivity index (χ0) is 16.3. The van der Waals surface area contributed by atoms with E-state index in [-0.39, 0.29) is 17.2 Å². The van der Waals surface area contributed by atoms with Crippen molar-refractivity contribution in [2.24, 2.45) is 0 Å². The van der Waals surface area contributed by atoms with E-state index < -0.39 is 27.7 Å². The molecule has 0 radical (unpaired) electrons. The van der Waals surface area contributed by atoms with Crippen molar-refractivity contribution in [3.05, 3.63) is 30.1 Å². The number of hydrogen-bond acceptors (Lipinski definition) is 5. The molecule has 0 saturated carbocycles. The Balaban J connectivity index is 2.17. The normalized spacial score (nSPS) is 12.6. The zero-order valence-corrected chi connectivity index (χ0v) is 12.3. The number of nitrogens with one attached hydrogen (secondary N) is 1. The fourth-order valence-corrected chi connectivity index (χ4v) is 2.44. The van der Waals surface area contributed by atoms with Crippen molar-refractivity contribution in [2.75, 3.05) is 6.54 Å². The number of carboxylic acid groups (broad SMARTS) is 1. The van der Waals surface area contributed by atoms with Crippen LogP contribution in [-0.4, -0.2) is 32.1 Å². The molecule has 0 bridgehead atoms. The predicted molar refractivity (Wildman–Crippen MR) is 76.2 cm³/mol. The van der Waals surface area contributed by atoms with Gasteiger partial charge in [-0.2, -0.15) is 0 Å². The quantitative estimate of drug-likeness (QED) is 0.651. The molecule has 2 aromatic rings. The highest BCUT2D eigenvalue weighted by molar-refractivity contribution is 7.96. The summed E-state index contributed by atoms with van der Waals surface area (Å²) in [6.07, 6.45) is 0. The highest BCUT2D eigenvalue weighted by Crippen LogP contribution is 2.23. The molecule has 6 nitrogen and oxygen atoms in total. The highest BCUT2D eigenvalue weighted by atomic mass is 32.2. The van der Waals surface area contributed by atoms with E-state index in [4.69, 9.17) is 9.52 Å². The molecule has 0 aliphatic carbocycles. The fourth-order valence-electron chi connectivity index (χ4n) is 1.60. The summed E-state index contributed by atoms with van der Waals surface area (Å²) in [5.41, 5.74) is 0.236. The van der Waals surface area contributed by atoms with Gasteiger partial charge in [0, 0.05) is 16.7 Å². The molecule has 0 aliphatic heterocycles. The molecular weight excluding hydrogens is 313 g/mol. The summed E-state index contributed by atoms with van der Waals surface area (Å²) >= 11 is 0. The summed E-state index contributed by atoms with van der Waals surface area (Å²) in [5, 5.41) is 13.1. The molecule has 0 saturated heterocycles. The SMILES string of the molecule is C[C@H](NCC#CS(=O)(=O)c1cc2cc(F)ccc2o1)C(=O)O. The van der Waals surface area contributed by atoms with Crippen LogP contribution in [0, 0.1) is 17.0 Å². The summed E-state index contributed by atoms with van der Waals surface area (Å²) in [4.78, 5) is 10.6. The van der Waals surface area contributed by atoms with E-state index >= 15 is 0 Å². The average Bonchev–Trinajstić information content (AvgIpc) is 2.87. The molecule has 2 N–H and O–H groups in total. The lowest BCUT2D eigenvalue weighted by molar-refractivity contribution is -0.138. The lowest BCUT2D eigenvalue weighted by atomic mass is 10.2. The zero-order valence-electron chi connectivity index (χ0n) is 11.5. The van der Waals surface area contributed by atoms with Crippen LogP contribution < -0.4 is 5.32 Å². The van der Waals surface area contributed by atoms with Gasteiger partial charge in [-0.05, 0) is 25.1 Å². The van der Waals surface area contributed by atoms with Gasteiger partial charge in [0.15, 0.2) is 0 Å². The van der Waals surface area contributed by atoms with Gasteiger partial charge in [0.2, 0.25) is 5.09 Å². The molecule has 1 heterocycles. The van der Waals surface area contributed by atoms with Gasteiger partial charge in [-0.25, -0.2) is 12.8 Å². The minimum absolute atomic E-state index is 0.110. The van der Waals surface area contributed by atoms with Crippen molar-refractivity contribution < 1.29 is 27.1 Å². The van der Waals surface area contributed by atoms with Gasteiger partial charge in [-0.1, -0.05) is 5.92 Å². The Morgan fingerprint density at radius 1 is 1.45 bits per heavy atom. The number of sulfone groups is 1. The van der Waals surface area contributed by atoms with E-state index in [2.05, 4.69) is 11.2 Å². The predicted octanol–water partition coefficient (Wildman–Crippen LogP) is 1.37. The summed E-state index contributed by atoms with van der Waals surface area (Å²) < 4.78 is 42.1. The van der Waals surface area contributed by atoms with E-state index in [1.807, 2.05) is 5.25 Å².